The molecule has 2 heterocycles. The SMILES string of the molecule is CC1(C)OC2C[C@H](Nc3nc(Cl)nc(Cl)c3N)C(O1)[C@H]2CO. The van der Waals surface area contributed by atoms with Crippen LogP contribution in [0.25, 0.3) is 0 Å². The van der Waals surface area contributed by atoms with Crippen molar-refractivity contribution in [2.75, 3.05) is 17.7 Å². The molecule has 1 aromatic heterocycles. The minimum atomic E-state index is -0.691. The highest BCUT2D eigenvalue weighted by Gasteiger charge is 2.52. The second-order valence-corrected chi connectivity index (χ2v) is 6.71. The Balaban J connectivity index is 1.85. The lowest BCUT2D eigenvalue weighted by Gasteiger charge is -2.40. The number of hydrogen-bond acceptors (Lipinski definition) is 7. The third kappa shape index (κ3) is 2.83. The van der Waals surface area contributed by atoms with Crippen molar-refractivity contribution in [1.82, 2.24) is 9.97 Å². The molecule has 2 unspecified atom stereocenters. The number of rotatable bonds is 3. The molecular formula is C13H18Cl2N4O3. The van der Waals surface area contributed by atoms with Crippen molar-refractivity contribution in [2.45, 2.75) is 44.3 Å². The average molecular weight is 349 g/mol. The summed E-state index contributed by atoms with van der Waals surface area (Å²) in [6.07, 6.45) is 0.355. The van der Waals surface area contributed by atoms with Gasteiger partial charge in [-0.2, -0.15) is 4.98 Å². The molecule has 2 fully saturated rings. The van der Waals surface area contributed by atoms with Gasteiger partial charge >= 0.3 is 0 Å². The molecule has 1 saturated carbocycles. The minimum absolute atomic E-state index is 0.00956. The molecule has 0 aromatic carbocycles. The van der Waals surface area contributed by atoms with E-state index in [0.29, 0.717) is 12.2 Å². The summed E-state index contributed by atoms with van der Waals surface area (Å²) in [5.41, 5.74) is 6.12. The van der Waals surface area contributed by atoms with E-state index in [9.17, 15) is 5.11 Å². The van der Waals surface area contributed by atoms with Gasteiger partial charge in [0.25, 0.3) is 0 Å². The monoisotopic (exact) mass is 348 g/mol. The van der Waals surface area contributed by atoms with Crippen LogP contribution in [0.1, 0.15) is 20.3 Å². The molecule has 9 heteroatoms. The van der Waals surface area contributed by atoms with E-state index in [1.54, 1.807) is 0 Å². The first-order valence-electron chi connectivity index (χ1n) is 7.02. The predicted molar refractivity (Wildman–Crippen MR) is 82.9 cm³/mol. The zero-order valence-corrected chi connectivity index (χ0v) is 13.7. The Morgan fingerprint density at radius 1 is 1.36 bits per heavy atom. The Hall–Kier alpha value is -0.860. The average Bonchev–Trinajstić information content (AvgIpc) is 2.63. The second kappa shape index (κ2) is 5.65. The van der Waals surface area contributed by atoms with Gasteiger partial charge in [-0.15, -0.1) is 0 Å². The van der Waals surface area contributed by atoms with Crippen LogP contribution in [0.15, 0.2) is 0 Å². The number of nitrogens with two attached hydrogens (primary N) is 1. The molecule has 1 aromatic rings. The summed E-state index contributed by atoms with van der Waals surface area (Å²) >= 11 is 11.7. The Kier molecular flexibility index (Phi) is 4.11. The summed E-state index contributed by atoms with van der Waals surface area (Å²) in [6.45, 7) is 3.70. The number of nitrogens with zero attached hydrogens (tertiary/aromatic N) is 2. The van der Waals surface area contributed by atoms with Gasteiger partial charge in [-0.25, -0.2) is 4.98 Å². The third-order valence-corrected chi connectivity index (χ3v) is 4.50. The second-order valence-electron chi connectivity index (χ2n) is 6.02. The van der Waals surface area contributed by atoms with Crippen molar-refractivity contribution >= 4 is 34.7 Å². The molecule has 3 rings (SSSR count). The number of aliphatic hydroxyl groups is 1. The summed E-state index contributed by atoms with van der Waals surface area (Å²) < 4.78 is 11.8. The highest BCUT2D eigenvalue weighted by atomic mass is 35.5. The molecule has 0 amide bonds. The van der Waals surface area contributed by atoms with Gasteiger partial charge in [0, 0.05) is 5.92 Å². The van der Waals surface area contributed by atoms with Gasteiger partial charge in [-0.3, -0.25) is 0 Å². The normalized spacial score (nSPS) is 33.0. The lowest BCUT2D eigenvalue weighted by atomic mass is 10.0. The summed E-state index contributed by atoms with van der Waals surface area (Å²) in [5.74, 6) is -0.426. The maximum absolute atomic E-state index is 9.59. The van der Waals surface area contributed by atoms with E-state index in [2.05, 4.69) is 15.3 Å². The van der Waals surface area contributed by atoms with Crippen LogP contribution >= 0.6 is 23.2 Å². The van der Waals surface area contributed by atoms with E-state index in [4.69, 9.17) is 38.4 Å². The number of nitrogen functional groups attached to an aromatic ring is 1. The predicted octanol–water partition coefficient (Wildman–Crippen LogP) is 1.68. The summed E-state index contributed by atoms with van der Waals surface area (Å²) in [4.78, 5) is 7.86. The van der Waals surface area contributed by atoms with Crippen LogP contribution in [-0.4, -0.2) is 45.7 Å². The first kappa shape index (κ1) is 16.0. The Bertz CT molecular complexity index is 587. The number of ether oxygens (including phenoxy) is 2. The molecule has 122 valence electrons. The summed E-state index contributed by atoms with van der Waals surface area (Å²) in [6, 6.07) is -0.117. The van der Waals surface area contributed by atoms with E-state index >= 15 is 0 Å². The van der Waals surface area contributed by atoms with Crippen molar-refractivity contribution in [3.05, 3.63) is 10.4 Å². The summed E-state index contributed by atoms with van der Waals surface area (Å²) in [7, 11) is 0. The minimum Gasteiger partial charge on any atom is -0.396 e. The van der Waals surface area contributed by atoms with Gasteiger partial charge in [0.05, 0.1) is 24.9 Å². The van der Waals surface area contributed by atoms with Crippen LogP contribution < -0.4 is 11.1 Å². The molecule has 4 atom stereocenters. The van der Waals surface area contributed by atoms with Gasteiger partial charge < -0.3 is 25.6 Å². The maximum atomic E-state index is 9.59. The molecular weight excluding hydrogens is 331 g/mol. The molecule has 2 bridgehead atoms. The van der Waals surface area contributed by atoms with Crippen LogP contribution in [0.3, 0.4) is 0 Å². The number of aromatic nitrogens is 2. The van der Waals surface area contributed by atoms with Crippen molar-refractivity contribution in [3.8, 4) is 0 Å². The largest absolute Gasteiger partial charge is 0.396 e. The lowest BCUT2D eigenvalue weighted by molar-refractivity contribution is -0.303. The van der Waals surface area contributed by atoms with Crippen LogP contribution in [0.5, 0.6) is 0 Å². The van der Waals surface area contributed by atoms with Gasteiger partial charge in [0.15, 0.2) is 16.8 Å². The smallest absolute Gasteiger partial charge is 0.225 e. The van der Waals surface area contributed by atoms with E-state index in [1.165, 1.54) is 0 Å². The maximum Gasteiger partial charge on any atom is 0.225 e. The van der Waals surface area contributed by atoms with Crippen LogP contribution in [0.2, 0.25) is 10.4 Å². The van der Waals surface area contributed by atoms with E-state index in [1.807, 2.05) is 13.8 Å². The zero-order chi connectivity index (χ0) is 16.1. The first-order valence-corrected chi connectivity index (χ1v) is 7.78. The molecule has 1 aliphatic carbocycles. The van der Waals surface area contributed by atoms with E-state index in [0.717, 1.165) is 0 Å². The molecule has 2 aliphatic rings. The molecule has 0 radical (unpaired) electrons. The van der Waals surface area contributed by atoms with Crippen LogP contribution in [-0.2, 0) is 9.47 Å². The number of hydrogen-bond donors (Lipinski definition) is 3. The quantitative estimate of drug-likeness (QED) is 0.564. The van der Waals surface area contributed by atoms with Gasteiger partial charge in [-0.05, 0) is 31.9 Å². The molecule has 1 saturated heterocycles. The molecule has 4 N–H and O–H groups in total. The summed E-state index contributed by atoms with van der Waals surface area (Å²) in [5, 5.41) is 12.9. The van der Waals surface area contributed by atoms with Gasteiger partial charge in [-0.1, -0.05) is 11.6 Å². The number of anilines is 2. The fraction of sp³-hybridized carbons (Fsp3) is 0.692. The number of aliphatic hydroxyl groups excluding tert-OH is 1. The van der Waals surface area contributed by atoms with Crippen LogP contribution in [0.4, 0.5) is 11.5 Å². The molecule has 1 aliphatic heterocycles. The van der Waals surface area contributed by atoms with Crippen molar-refractivity contribution in [1.29, 1.82) is 0 Å². The Morgan fingerprint density at radius 2 is 2.09 bits per heavy atom. The van der Waals surface area contributed by atoms with Gasteiger partial charge in [0.2, 0.25) is 5.28 Å². The standard InChI is InChI=1S/C13H18Cl2N4O3/c1-13(2)21-7-3-6(9(22-13)5(7)4-20)17-11-8(16)10(14)18-12(15)19-11/h5-7,9,20H,3-4,16H2,1-2H3,(H,17,18,19)/t5-,6-,7?,9?/m0/s1. The third-order valence-electron chi connectivity index (χ3n) is 4.04. The highest BCUT2D eigenvalue weighted by Crippen LogP contribution is 2.42. The number of nitrogens with one attached hydrogen (secondary N) is 1. The Morgan fingerprint density at radius 3 is 2.77 bits per heavy atom. The van der Waals surface area contributed by atoms with E-state index in [-0.39, 0.29) is 46.9 Å². The van der Waals surface area contributed by atoms with Crippen LogP contribution in [0, 0.1) is 5.92 Å². The molecule has 22 heavy (non-hydrogen) atoms. The van der Waals surface area contributed by atoms with Crippen molar-refractivity contribution in [2.24, 2.45) is 5.92 Å². The zero-order valence-electron chi connectivity index (χ0n) is 12.2. The van der Waals surface area contributed by atoms with Crippen molar-refractivity contribution < 1.29 is 14.6 Å². The molecule has 0 spiro atoms. The lowest BCUT2D eigenvalue weighted by Crippen LogP contribution is -2.49. The fourth-order valence-corrected chi connectivity index (χ4v) is 3.54. The van der Waals surface area contributed by atoms with E-state index < -0.39 is 5.79 Å². The fourth-order valence-electron chi connectivity index (χ4n) is 3.16. The van der Waals surface area contributed by atoms with Crippen molar-refractivity contribution in [3.63, 3.8) is 0 Å². The number of halogens is 2. The topological polar surface area (TPSA) is 103 Å². The highest BCUT2D eigenvalue weighted by molar-refractivity contribution is 6.34. The van der Waals surface area contributed by atoms with Gasteiger partial charge in [0.1, 0.15) is 5.69 Å². The molecule has 7 nitrogen and oxygen atoms in total. The Labute approximate surface area is 138 Å². The first-order chi connectivity index (χ1) is 10.3. The number of fused-ring (bicyclic) bond motifs is 2.